The SMILES string of the molecule is CCOc1ccc2nc(Nc3ccc(C)cc3Br)sc2c1. The molecule has 5 heteroatoms. The highest BCUT2D eigenvalue weighted by Crippen LogP contribution is 2.33. The van der Waals surface area contributed by atoms with Crippen molar-refractivity contribution < 1.29 is 4.74 Å². The third-order valence-corrected chi connectivity index (χ3v) is 4.63. The highest BCUT2D eigenvalue weighted by atomic mass is 79.9. The average Bonchev–Trinajstić information content (AvgIpc) is 2.84. The molecule has 1 heterocycles. The van der Waals surface area contributed by atoms with Crippen LogP contribution in [0.25, 0.3) is 10.2 Å². The quantitative estimate of drug-likeness (QED) is 0.664. The lowest BCUT2D eigenvalue weighted by molar-refractivity contribution is 0.341. The molecule has 0 radical (unpaired) electrons. The molecular weight excluding hydrogens is 348 g/mol. The molecule has 108 valence electrons. The molecule has 3 aromatic rings. The lowest BCUT2D eigenvalue weighted by Gasteiger charge is -2.05. The number of ether oxygens (including phenoxy) is 1. The van der Waals surface area contributed by atoms with Crippen LogP contribution in [0, 0.1) is 6.92 Å². The lowest BCUT2D eigenvalue weighted by Crippen LogP contribution is -1.90. The van der Waals surface area contributed by atoms with Gasteiger partial charge in [0.1, 0.15) is 5.75 Å². The van der Waals surface area contributed by atoms with Crippen molar-refractivity contribution in [2.45, 2.75) is 13.8 Å². The zero-order valence-electron chi connectivity index (χ0n) is 11.8. The summed E-state index contributed by atoms with van der Waals surface area (Å²) in [6.07, 6.45) is 0. The Kier molecular flexibility index (Phi) is 4.12. The smallest absolute Gasteiger partial charge is 0.188 e. The highest BCUT2D eigenvalue weighted by Gasteiger charge is 2.07. The maximum atomic E-state index is 5.52. The molecular formula is C16H15BrN2OS. The molecule has 1 N–H and O–H groups in total. The van der Waals surface area contributed by atoms with Crippen LogP contribution in [0.4, 0.5) is 10.8 Å². The number of nitrogens with one attached hydrogen (secondary N) is 1. The molecule has 2 aromatic carbocycles. The van der Waals surface area contributed by atoms with Gasteiger partial charge in [-0.15, -0.1) is 0 Å². The Balaban J connectivity index is 1.90. The fourth-order valence-corrected chi connectivity index (χ4v) is 3.55. The molecule has 0 bridgehead atoms. The lowest BCUT2D eigenvalue weighted by atomic mass is 10.2. The van der Waals surface area contributed by atoms with Crippen LogP contribution < -0.4 is 10.1 Å². The summed E-state index contributed by atoms with van der Waals surface area (Å²) in [7, 11) is 0. The molecule has 0 spiro atoms. The first-order valence-corrected chi connectivity index (χ1v) is 8.33. The second kappa shape index (κ2) is 6.03. The number of hydrogen-bond donors (Lipinski definition) is 1. The van der Waals surface area contributed by atoms with Gasteiger partial charge in [0, 0.05) is 4.47 Å². The van der Waals surface area contributed by atoms with Crippen LogP contribution in [-0.4, -0.2) is 11.6 Å². The Morgan fingerprint density at radius 3 is 2.86 bits per heavy atom. The summed E-state index contributed by atoms with van der Waals surface area (Å²) in [6.45, 7) is 4.73. The van der Waals surface area contributed by atoms with E-state index in [4.69, 9.17) is 4.74 Å². The van der Waals surface area contributed by atoms with E-state index >= 15 is 0 Å². The van der Waals surface area contributed by atoms with Crippen LogP contribution in [0.5, 0.6) is 5.75 Å². The number of nitrogens with zero attached hydrogens (tertiary/aromatic N) is 1. The Morgan fingerprint density at radius 2 is 2.10 bits per heavy atom. The zero-order chi connectivity index (χ0) is 14.8. The summed E-state index contributed by atoms with van der Waals surface area (Å²) in [4.78, 5) is 4.60. The molecule has 21 heavy (non-hydrogen) atoms. The molecule has 0 fully saturated rings. The fourth-order valence-electron chi connectivity index (χ4n) is 2.05. The highest BCUT2D eigenvalue weighted by molar-refractivity contribution is 9.10. The minimum Gasteiger partial charge on any atom is -0.494 e. The number of hydrogen-bond acceptors (Lipinski definition) is 4. The van der Waals surface area contributed by atoms with Gasteiger partial charge < -0.3 is 10.1 Å². The predicted octanol–water partition coefficient (Wildman–Crippen LogP) is 5.51. The van der Waals surface area contributed by atoms with Gasteiger partial charge in [0.05, 0.1) is 22.5 Å². The predicted molar refractivity (Wildman–Crippen MR) is 93.0 cm³/mol. The summed E-state index contributed by atoms with van der Waals surface area (Å²) < 4.78 is 7.68. The van der Waals surface area contributed by atoms with Gasteiger partial charge >= 0.3 is 0 Å². The second-order valence-electron chi connectivity index (χ2n) is 4.69. The summed E-state index contributed by atoms with van der Waals surface area (Å²) in [5.41, 5.74) is 3.22. The van der Waals surface area contributed by atoms with Crippen LogP contribution in [0.2, 0.25) is 0 Å². The van der Waals surface area contributed by atoms with Crippen molar-refractivity contribution in [3.8, 4) is 5.75 Å². The molecule has 0 amide bonds. The standard InChI is InChI=1S/C16H15BrN2OS/c1-3-20-11-5-7-14-15(9-11)21-16(19-14)18-13-6-4-10(2)8-12(13)17/h4-9H,3H2,1-2H3,(H,18,19). The molecule has 0 aliphatic carbocycles. The third-order valence-electron chi connectivity index (χ3n) is 3.04. The minimum absolute atomic E-state index is 0.672. The first kappa shape index (κ1) is 14.4. The topological polar surface area (TPSA) is 34.1 Å². The number of rotatable bonds is 4. The van der Waals surface area contributed by atoms with Gasteiger partial charge in [-0.3, -0.25) is 0 Å². The number of benzene rings is 2. The number of aromatic nitrogens is 1. The molecule has 0 saturated heterocycles. The van der Waals surface area contributed by atoms with Gasteiger partial charge in [0.25, 0.3) is 0 Å². The van der Waals surface area contributed by atoms with E-state index in [-0.39, 0.29) is 0 Å². The average molecular weight is 363 g/mol. The van der Waals surface area contributed by atoms with Crippen molar-refractivity contribution in [2.24, 2.45) is 0 Å². The molecule has 0 unspecified atom stereocenters. The number of aryl methyl sites for hydroxylation is 1. The first-order chi connectivity index (χ1) is 10.2. The monoisotopic (exact) mass is 362 g/mol. The van der Waals surface area contributed by atoms with Gasteiger partial charge in [0.2, 0.25) is 0 Å². The minimum atomic E-state index is 0.672. The molecule has 3 rings (SSSR count). The first-order valence-electron chi connectivity index (χ1n) is 6.72. The van der Waals surface area contributed by atoms with E-state index in [0.29, 0.717) is 6.61 Å². The largest absolute Gasteiger partial charge is 0.494 e. The molecule has 0 aliphatic rings. The van der Waals surface area contributed by atoms with Crippen molar-refractivity contribution in [1.82, 2.24) is 4.98 Å². The number of halogens is 1. The van der Waals surface area contributed by atoms with Gasteiger partial charge in [-0.05, 0) is 65.7 Å². The van der Waals surface area contributed by atoms with Crippen molar-refractivity contribution in [2.75, 3.05) is 11.9 Å². The van der Waals surface area contributed by atoms with E-state index in [0.717, 1.165) is 31.3 Å². The van der Waals surface area contributed by atoms with E-state index in [1.807, 2.05) is 25.1 Å². The van der Waals surface area contributed by atoms with Crippen LogP contribution in [0.15, 0.2) is 40.9 Å². The van der Waals surface area contributed by atoms with E-state index in [2.05, 4.69) is 51.4 Å². The fraction of sp³-hybridized carbons (Fsp3) is 0.188. The third kappa shape index (κ3) is 3.19. The molecule has 3 nitrogen and oxygen atoms in total. The van der Waals surface area contributed by atoms with Crippen molar-refractivity contribution in [3.05, 3.63) is 46.4 Å². The Bertz CT molecular complexity index is 785. The van der Waals surface area contributed by atoms with Gasteiger partial charge in [-0.25, -0.2) is 4.98 Å². The zero-order valence-corrected chi connectivity index (χ0v) is 14.2. The number of anilines is 2. The van der Waals surface area contributed by atoms with E-state index in [1.54, 1.807) is 11.3 Å². The number of thiazole rings is 1. The van der Waals surface area contributed by atoms with Crippen molar-refractivity contribution in [3.63, 3.8) is 0 Å². The Hall–Kier alpha value is -1.59. The Morgan fingerprint density at radius 1 is 1.24 bits per heavy atom. The maximum Gasteiger partial charge on any atom is 0.188 e. The molecule has 0 aliphatic heterocycles. The maximum absolute atomic E-state index is 5.52. The molecule has 0 atom stereocenters. The van der Waals surface area contributed by atoms with Gasteiger partial charge in [0.15, 0.2) is 5.13 Å². The van der Waals surface area contributed by atoms with Crippen LogP contribution >= 0.6 is 27.3 Å². The van der Waals surface area contributed by atoms with Crippen molar-refractivity contribution in [1.29, 1.82) is 0 Å². The van der Waals surface area contributed by atoms with E-state index in [9.17, 15) is 0 Å². The molecule has 1 aromatic heterocycles. The van der Waals surface area contributed by atoms with Crippen LogP contribution in [0.3, 0.4) is 0 Å². The molecule has 0 saturated carbocycles. The second-order valence-corrected chi connectivity index (χ2v) is 6.57. The summed E-state index contributed by atoms with van der Waals surface area (Å²) in [5, 5.41) is 4.24. The van der Waals surface area contributed by atoms with Crippen LogP contribution in [-0.2, 0) is 0 Å². The van der Waals surface area contributed by atoms with E-state index < -0.39 is 0 Å². The summed E-state index contributed by atoms with van der Waals surface area (Å²) in [5.74, 6) is 0.886. The Labute approximate surface area is 136 Å². The van der Waals surface area contributed by atoms with Gasteiger partial charge in [-0.1, -0.05) is 17.4 Å². The normalized spacial score (nSPS) is 10.8. The van der Waals surface area contributed by atoms with Gasteiger partial charge in [-0.2, -0.15) is 0 Å². The summed E-state index contributed by atoms with van der Waals surface area (Å²) >= 11 is 5.20. The number of fused-ring (bicyclic) bond motifs is 1. The van der Waals surface area contributed by atoms with Crippen LogP contribution in [0.1, 0.15) is 12.5 Å². The van der Waals surface area contributed by atoms with Crippen molar-refractivity contribution >= 4 is 48.3 Å². The van der Waals surface area contributed by atoms with E-state index in [1.165, 1.54) is 5.56 Å². The summed E-state index contributed by atoms with van der Waals surface area (Å²) in [6, 6.07) is 12.2.